The second-order valence-corrected chi connectivity index (χ2v) is 7.33. The summed E-state index contributed by atoms with van der Waals surface area (Å²) >= 11 is 0. The van der Waals surface area contributed by atoms with Gasteiger partial charge in [-0.05, 0) is 50.8 Å². The summed E-state index contributed by atoms with van der Waals surface area (Å²) in [5.41, 5.74) is 0.974. The standard InChI is InChI=1S/C19H27N3O4/c1-19(2,10-9-17(24)25)21-18(26)20-15-7-5-6-14(12-15)13-22-11-4-3-8-16(22)23/h5-7,12H,3-4,8-11,13H2,1-2H3,(H,24,25)(H2,20,21,26). The molecule has 2 rings (SSSR count). The highest BCUT2D eigenvalue weighted by Crippen LogP contribution is 2.18. The Balaban J connectivity index is 1.91. The molecule has 1 aliphatic rings. The molecule has 142 valence electrons. The van der Waals surface area contributed by atoms with Crippen LogP contribution in [0.5, 0.6) is 0 Å². The Morgan fingerprint density at radius 2 is 2.04 bits per heavy atom. The van der Waals surface area contributed by atoms with Gasteiger partial charge in [-0.3, -0.25) is 9.59 Å². The molecule has 0 unspecified atom stereocenters. The third-order valence-electron chi connectivity index (χ3n) is 4.40. The average molecular weight is 361 g/mol. The van der Waals surface area contributed by atoms with Crippen molar-refractivity contribution in [1.29, 1.82) is 0 Å². The molecular formula is C19H27N3O4. The number of carboxylic acid groups (broad SMARTS) is 1. The summed E-state index contributed by atoms with van der Waals surface area (Å²) < 4.78 is 0. The number of carbonyl (C=O) groups is 3. The minimum Gasteiger partial charge on any atom is -0.481 e. The summed E-state index contributed by atoms with van der Waals surface area (Å²) in [6.45, 7) is 4.89. The number of hydrogen-bond acceptors (Lipinski definition) is 3. The molecule has 1 heterocycles. The van der Waals surface area contributed by atoms with E-state index in [1.165, 1.54) is 0 Å². The number of anilines is 1. The molecule has 0 aromatic heterocycles. The van der Waals surface area contributed by atoms with E-state index in [-0.39, 0.29) is 18.4 Å². The van der Waals surface area contributed by atoms with Gasteiger partial charge in [0.05, 0.1) is 0 Å². The lowest BCUT2D eigenvalue weighted by atomic mass is 9.99. The Labute approximate surface area is 153 Å². The summed E-state index contributed by atoms with van der Waals surface area (Å²) in [4.78, 5) is 36.7. The molecule has 1 aromatic rings. The summed E-state index contributed by atoms with van der Waals surface area (Å²) in [7, 11) is 0. The average Bonchev–Trinajstić information content (AvgIpc) is 2.55. The van der Waals surface area contributed by atoms with E-state index >= 15 is 0 Å². The quantitative estimate of drug-likeness (QED) is 0.695. The van der Waals surface area contributed by atoms with Crippen molar-refractivity contribution in [3.63, 3.8) is 0 Å². The zero-order chi connectivity index (χ0) is 19.2. The number of nitrogens with zero attached hydrogens (tertiary/aromatic N) is 1. The largest absolute Gasteiger partial charge is 0.481 e. The van der Waals surface area contributed by atoms with Crippen LogP contribution in [0.2, 0.25) is 0 Å². The molecule has 1 fully saturated rings. The number of carbonyl (C=O) groups excluding carboxylic acids is 2. The van der Waals surface area contributed by atoms with Crippen LogP contribution >= 0.6 is 0 Å². The molecule has 0 aliphatic carbocycles. The predicted octanol–water partition coefficient (Wildman–Crippen LogP) is 2.96. The van der Waals surface area contributed by atoms with E-state index in [2.05, 4.69) is 10.6 Å². The van der Waals surface area contributed by atoms with Crippen molar-refractivity contribution in [1.82, 2.24) is 10.2 Å². The summed E-state index contributed by atoms with van der Waals surface area (Å²) in [5, 5.41) is 14.3. The number of carboxylic acids is 1. The third-order valence-corrected chi connectivity index (χ3v) is 4.40. The maximum atomic E-state index is 12.2. The van der Waals surface area contributed by atoms with E-state index in [1.807, 2.05) is 23.1 Å². The molecule has 1 aromatic carbocycles. The molecule has 7 nitrogen and oxygen atoms in total. The van der Waals surface area contributed by atoms with Crippen molar-refractivity contribution in [3.8, 4) is 0 Å². The van der Waals surface area contributed by atoms with Gasteiger partial charge in [0.1, 0.15) is 0 Å². The first-order valence-electron chi connectivity index (χ1n) is 8.93. The van der Waals surface area contributed by atoms with Gasteiger partial charge in [-0.15, -0.1) is 0 Å². The van der Waals surface area contributed by atoms with E-state index in [4.69, 9.17) is 5.11 Å². The van der Waals surface area contributed by atoms with E-state index in [1.54, 1.807) is 19.9 Å². The molecule has 1 aliphatic heterocycles. The highest BCUT2D eigenvalue weighted by atomic mass is 16.4. The maximum Gasteiger partial charge on any atom is 0.319 e. The Kier molecular flexibility index (Phi) is 6.60. The minimum atomic E-state index is -0.889. The highest BCUT2D eigenvalue weighted by molar-refractivity contribution is 5.89. The fraction of sp³-hybridized carbons (Fsp3) is 0.526. The molecule has 1 saturated heterocycles. The van der Waals surface area contributed by atoms with Gasteiger partial charge in [0.2, 0.25) is 5.91 Å². The first-order valence-corrected chi connectivity index (χ1v) is 8.93. The number of rotatable bonds is 7. The van der Waals surface area contributed by atoms with Gasteiger partial charge < -0.3 is 20.6 Å². The van der Waals surface area contributed by atoms with Crippen LogP contribution in [0.1, 0.15) is 51.5 Å². The fourth-order valence-electron chi connectivity index (χ4n) is 2.95. The van der Waals surface area contributed by atoms with Crippen molar-refractivity contribution in [2.75, 3.05) is 11.9 Å². The lowest BCUT2D eigenvalue weighted by Crippen LogP contribution is -2.45. The van der Waals surface area contributed by atoms with Crippen LogP contribution in [0, 0.1) is 0 Å². The van der Waals surface area contributed by atoms with Crippen molar-refractivity contribution in [2.24, 2.45) is 0 Å². The smallest absolute Gasteiger partial charge is 0.319 e. The van der Waals surface area contributed by atoms with Crippen molar-refractivity contribution < 1.29 is 19.5 Å². The first-order chi connectivity index (χ1) is 12.2. The van der Waals surface area contributed by atoms with E-state index in [0.29, 0.717) is 25.1 Å². The molecular weight excluding hydrogens is 334 g/mol. The first kappa shape index (κ1) is 19.8. The molecule has 0 bridgehead atoms. The second-order valence-electron chi connectivity index (χ2n) is 7.33. The molecule has 0 spiro atoms. The topological polar surface area (TPSA) is 98.7 Å². The lowest BCUT2D eigenvalue weighted by molar-refractivity contribution is -0.137. The normalized spacial score (nSPS) is 14.8. The zero-order valence-electron chi connectivity index (χ0n) is 15.4. The van der Waals surface area contributed by atoms with Crippen molar-refractivity contribution in [2.45, 2.75) is 58.0 Å². The van der Waals surface area contributed by atoms with Gasteiger partial charge >= 0.3 is 12.0 Å². The number of nitrogens with one attached hydrogen (secondary N) is 2. The van der Waals surface area contributed by atoms with E-state index in [0.717, 1.165) is 24.9 Å². The predicted molar refractivity (Wildman–Crippen MR) is 98.8 cm³/mol. The van der Waals surface area contributed by atoms with Crippen LogP contribution in [0.4, 0.5) is 10.5 Å². The van der Waals surface area contributed by atoms with Crippen LogP contribution in [0.25, 0.3) is 0 Å². The Hall–Kier alpha value is -2.57. The third kappa shape index (κ3) is 6.38. The SMILES string of the molecule is CC(C)(CCC(=O)O)NC(=O)Nc1cccc(CN2CCCCC2=O)c1. The molecule has 3 amide bonds. The fourth-order valence-corrected chi connectivity index (χ4v) is 2.95. The van der Waals surface area contributed by atoms with Gasteiger partial charge in [-0.2, -0.15) is 0 Å². The number of urea groups is 1. The van der Waals surface area contributed by atoms with Crippen LogP contribution in [0.3, 0.4) is 0 Å². The minimum absolute atomic E-state index is 0.00731. The molecule has 26 heavy (non-hydrogen) atoms. The number of piperidine rings is 1. The summed E-state index contributed by atoms with van der Waals surface area (Å²) in [6, 6.07) is 7.03. The Bertz CT molecular complexity index is 673. The van der Waals surface area contributed by atoms with Crippen LogP contribution in [-0.2, 0) is 16.1 Å². The number of hydrogen-bond donors (Lipinski definition) is 3. The van der Waals surface area contributed by atoms with Crippen molar-refractivity contribution in [3.05, 3.63) is 29.8 Å². The molecule has 0 saturated carbocycles. The molecule has 0 atom stereocenters. The zero-order valence-corrected chi connectivity index (χ0v) is 15.4. The Morgan fingerprint density at radius 1 is 1.27 bits per heavy atom. The van der Waals surface area contributed by atoms with Gasteiger partial charge in [-0.25, -0.2) is 4.79 Å². The second kappa shape index (κ2) is 8.69. The number of amides is 3. The number of benzene rings is 1. The van der Waals surface area contributed by atoms with Gasteiger partial charge in [0.25, 0.3) is 0 Å². The van der Waals surface area contributed by atoms with Gasteiger partial charge in [-0.1, -0.05) is 12.1 Å². The van der Waals surface area contributed by atoms with Gasteiger partial charge in [0.15, 0.2) is 0 Å². The highest BCUT2D eigenvalue weighted by Gasteiger charge is 2.22. The summed E-state index contributed by atoms with van der Waals surface area (Å²) in [6.07, 6.45) is 2.91. The van der Waals surface area contributed by atoms with Gasteiger partial charge in [0, 0.05) is 37.2 Å². The van der Waals surface area contributed by atoms with Crippen LogP contribution < -0.4 is 10.6 Å². The number of aliphatic carboxylic acids is 1. The Morgan fingerprint density at radius 3 is 2.73 bits per heavy atom. The van der Waals surface area contributed by atoms with Crippen LogP contribution in [0.15, 0.2) is 24.3 Å². The molecule has 0 radical (unpaired) electrons. The maximum absolute atomic E-state index is 12.2. The van der Waals surface area contributed by atoms with E-state index in [9.17, 15) is 14.4 Å². The monoisotopic (exact) mass is 361 g/mol. The van der Waals surface area contributed by atoms with Crippen molar-refractivity contribution >= 4 is 23.6 Å². The summed E-state index contributed by atoms with van der Waals surface area (Å²) in [5.74, 6) is -0.715. The molecule has 7 heteroatoms. The van der Waals surface area contributed by atoms with Crippen LogP contribution in [-0.4, -0.2) is 40.0 Å². The molecule has 3 N–H and O–H groups in total. The lowest BCUT2D eigenvalue weighted by Gasteiger charge is -2.27. The van der Waals surface area contributed by atoms with E-state index < -0.39 is 11.5 Å². The number of likely N-dealkylation sites (tertiary alicyclic amines) is 1.